The van der Waals surface area contributed by atoms with Crippen LogP contribution in [0, 0.1) is 0 Å². The second-order valence-corrected chi connectivity index (χ2v) is 4.11. The highest BCUT2D eigenvalue weighted by molar-refractivity contribution is 5.67. The lowest BCUT2D eigenvalue weighted by atomic mass is 9.93. The van der Waals surface area contributed by atoms with E-state index in [1.807, 2.05) is 0 Å². The molecule has 0 nitrogen and oxygen atoms in total. The van der Waals surface area contributed by atoms with E-state index in [-0.39, 0.29) is 4.70 Å². The van der Waals surface area contributed by atoms with Crippen LogP contribution >= 0.6 is 0 Å². The maximum Gasteiger partial charge on any atom is -0.0149 e. The Hall–Kier alpha value is -1.63. The Labute approximate surface area is 96.3 Å². The van der Waals surface area contributed by atoms with Crippen molar-refractivity contribution in [2.75, 3.05) is 0 Å². The van der Waals surface area contributed by atoms with Gasteiger partial charge in [-0.2, -0.15) is 0 Å². The van der Waals surface area contributed by atoms with Crippen molar-refractivity contribution in [3.63, 3.8) is 0 Å². The van der Waals surface area contributed by atoms with Crippen molar-refractivity contribution < 1.29 is 4.70 Å². The lowest BCUT2D eigenvalue weighted by molar-refractivity contribution is 0.869. The average Bonchev–Trinajstić information content (AvgIpc) is 2.30. The third-order valence-electron chi connectivity index (χ3n) is 2.67. The third kappa shape index (κ3) is 2.48. The minimum absolute atomic E-state index is 0. The molecule has 0 amide bonds. The molecular weight excluding hydrogens is 199 g/mol. The highest BCUT2D eigenvalue weighted by Gasteiger charge is 2.06. The smallest absolute Gasteiger partial charge is 0.0149 e. The minimum atomic E-state index is 0. The standard InChI is InChI=1S/C15H16.FH/c1-12(2)14-10-6-7-11-15(14)13-8-4-3-5-9-13;/h3-12H,1-2H3;1H. The van der Waals surface area contributed by atoms with E-state index in [1.54, 1.807) is 0 Å². The van der Waals surface area contributed by atoms with Gasteiger partial charge < -0.3 is 0 Å². The van der Waals surface area contributed by atoms with Crippen LogP contribution in [0.5, 0.6) is 0 Å². The van der Waals surface area contributed by atoms with Gasteiger partial charge in [0, 0.05) is 0 Å². The molecule has 0 atom stereocenters. The van der Waals surface area contributed by atoms with Gasteiger partial charge in [0.25, 0.3) is 0 Å². The molecule has 0 heterocycles. The fourth-order valence-corrected chi connectivity index (χ4v) is 1.88. The van der Waals surface area contributed by atoms with E-state index in [0.29, 0.717) is 5.92 Å². The van der Waals surface area contributed by atoms with Crippen LogP contribution in [0.2, 0.25) is 0 Å². The van der Waals surface area contributed by atoms with Crippen molar-refractivity contribution in [3.05, 3.63) is 60.2 Å². The average molecular weight is 216 g/mol. The molecule has 0 saturated heterocycles. The second-order valence-electron chi connectivity index (χ2n) is 4.11. The lowest BCUT2D eigenvalue weighted by Gasteiger charge is -2.12. The van der Waals surface area contributed by atoms with E-state index in [0.717, 1.165) is 0 Å². The van der Waals surface area contributed by atoms with Gasteiger partial charge >= 0.3 is 0 Å². The zero-order valence-corrected chi connectivity index (χ0v) is 9.68. The molecule has 84 valence electrons. The Morgan fingerprint density at radius 3 is 1.94 bits per heavy atom. The Morgan fingerprint density at radius 1 is 0.750 bits per heavy atom. The molecule has 0 bridgehead atoms. The molecule has 1 heteroatoms. The van der Waals surface area contributed by atoms with Gasteiger partial charge in [0.05, 0.1) is 0 Å². The van der Waals surface area contributed by atoms with E-state index < -0.39 is 0 Å². The Morgan fingerprint density at radius 2 is 1.31 bits per heavy atom. The fourth-order valence-electron chi connectivity index (χ4n) is 1.88. The molecule has 2 aromatic rings. The summed E-state index contributed by atoms with van der Waals surface area (Å²) in [7, 11) is 0. The Kier molecular flexibility index (Phi) is 4.24. The van der Waals surface area contributed by atoms with Gasteiger partial charge in [-0.25, -0.2) is 0 Å². The molecule has 0 aliphatic rings. The van der Waals surface area contributed by atoms with Crippen molar-refractivity contribution in [2.24, 2.45) is 0 Å². The van der Waals surface area contributed by atoms with Crippen LogP contribution in [0.4, 0.5) is 4.70 Å². The van der Waals surface area contributed by atoms with E-state index in [1.165, 1.54) is 16.7 Å². The van der Waals surface area contributed by atoms with E-state index in [9.17, 15) is 0 Å². The summed E-state index contributed by atoms with van der Waals surface area (Å²) in [6, 6.07) is 19.2. The summed E-state index contributed by atoms with van der Waals surface area (Å²) in [5.41, 5.74) is 4.08. The first-order chi connectivity index (χ1) is 7.29. The lowest BCUT2D eigenvalue weighted by Crippen LogP contribution is -1.91. The zero-order valence-electron chi connectivity index (χ0n) is 9.68. The van der Waals surface area contributed by atoms with Gasteiger partial charge in [-0.1, -0.05) is 68.4 Å². The van der Waals surface area contributed by atoms with Gasteiger partial charge in [-0.15, -0.1) is 0 Å². The van der Waals surface area contributed by atoms with Gasteiger partial charge in [-0.3, -0.25) is 4.70 Å². The van der Waals surface area contributed by atoms with Gasteiger partial charge in [0.2, 0.25) is 0 Å². The molecule has 2 rings (SSSR count). The Bertz CT molecular complexity index is 432. The SMILES string of the molecule is CC(C)c1ccccc1-c1ccccc1.F. The number of halogens is 1. The topological polar surface area (TPSA) is 0 Å². The van der Waals surface area contributed by atoms with Gasteiger partial charge in [-0.05, 0) is 22.6 Å². The summed E-state index contributed by atoms with van der Waals surface area (Å²) < 4.78 is 0. The highest BCUT2D eigenvalue weighted by atomic mass is 19.0. The summed E-state index contributed by atoms with van der Waals surface area (Å²) in [6.45, 7) is 4.48. The summed E-state index contributed by atoms with van der Waals surface area (Å²) in [5, 5.41) is 0. The van der Waals surface area contributed by atoms with Crippen LogP contribution in [0.3, 0.4) is 0 Å². The first kappa shape index (κ1) is 12.4. The monoisotopic (exact) mass is 216 g/mol. The molecular formula is C15H17F. The van der Waals surface area contributed by atoms with Crippen molar-refractivity contribution in [1.82, 2.24) is 0 Å². The maximum absolute atomic E-state index is 2.24. The predicted molar refractivity (Wildman–Crippen MR) is 68.5 cm³/mol. The number of hydrogen-bond donors (Lipinski definition) is 0. The second kappa shape index (κ2) is 5.45. The van der Waals surface area contributed by atoms with Gasteiger partial charge in [0.15, 0.2) is 0 Å². The van der Waals surface area contributed by atoms with E-state index >= 15 is 0 Å². The van der Waals surface area contributed by atoms with Crippen LogP contribution in [0.15, 0.2) is 54.6 Å². The normalized spacial score (nSPS) is 9.94. The molecule has 0 aliphatic heterocycles. The van der Waals surface area contributed by atoms with Crippen LogP contribution in [-0.2, 0) is 0 Å². The predicted octanol–water partition coefficient (Wildman–Crippen LogP) is 4.63. The first-order valence-corrected chi connectivity index (χ1v) is 5.43. The zero-order chi connectivity index (χ0) is 10.7. The molecule has 0 saturated carbocycles. The summed E-state index contributed by atoms with van der Waals surface area (Å²) in [4.78, 5) is 0. The molecule has 0 aliphatic carbocycles. The minimum Gasteiger partial charge on any atom is -0.269 e. The van der Waals surface area contributed by atoms with E-state index in [2.05, 4.69) is 68.4 Å². The van der Waals surface area contributed by atoms with Crippen LogP contribution in [0.25, 0.3) is 11.1 Å². The third-order valence-corrected chi connectivity index (χ3v) is 2.67. The molecule has 0 spiro atoms. The van der Waals surface area contributed by atoms with Crippen molar-refractivity contribution >= 4 is 0 Å². The quantitative estimate of drug-likeness (QED) is 0.686. The molecule has 0 aromatic heterocycles. The molecule has 0 radical (unpaired) electrons. The van der Waals surface area contributed by atoms with Crippen LogP contribution < -0.4 is 0 Å². The van der Waals surface area contributed by atoms with Crippen molar-refractivity contribution in [2.45, 2.75) is 19.8 Å². The number of benzene rings is 2. The largest absolute Gasteiger partial charge is 0.269 e. The number of hydrogen-bond acceptors (Lipinski definition) is 0. The fraction of sp³-hybridized carbons (Fsp3) is 0.200. The Balaban J connectivity index is 0.00000128. The maximum atomic E-state index is 2.24. The first-order valence-electron chi connectivity index (χ1n) is 5.43. The summed E-state index contributed by atoms with van der Waals surface area (Å²) in [6.07, 6.45) is 0. The van der Waals surface area contributed by atoms with Crippen LogP contribution in [-0.4, -0.2) is 0 Å². The molecule has 0 unspecified atom stereocenters. The summed E-state index contributed by atoms with van der Waals surface area (Å²) in [5.74, 6) is 0.571. The molecule has 2 aromatic carbocycles. The number of rotatable bonds is 2. The van der Waals surface area contributed by atoms with Gasteiger partial charge in [0.1, 0.15) is 0 Å². The van der Waals surface area contributed by atoms with Crippen molar-refractivity contribution in [1.29, 1.82) is 0 Å². The molecule has 0 N–H and O–H groups in total. The molecule has 16 heavy (non-hydrogen) atoms. The highest BCUT2D eigenvalue weighted by Crippen LogP contribution is 2.28. The van der Waals surface area contributed by atoms with Crippen LogP contribution in [0.1, 0.15) is 25.3 Å². The molecule has 0 fully saturated rings. The van der Waals surface area contributed by atoms with Crippen molar-refractivity contribution in [3.8, 4) is 11.1 Å². The summed E-state index contributed by atoms with van der Waals surface area (Å²) >= 11 is 0. The van der Waals surface area contributed by atoms with E-state index in [4.69, 9.17) is 0 Å².